The highest BCUT2D eigenvalue weighted by Crippen LogP contribution is 2.63. The molecule has 5 heteroatoms. The number of methoxy groups -OCH3 is 1. The van der Waals surface area contributed by atoms with E-state index >= 15 is 0 Å². The summed E-state index contributed by atoms with van der Waals surface area (Å²) in [4.78, 5) is 0.253. The van der Waals surface area contributed by atoms with E-state index in [0.29, 0.717) is 0 Å². The summed E-state index contributed by atoms with van der Waals surface area (Å²) >= 11 is 0. The third-order valence-corrected chi connectivity index (χ3v) is 7.29. The minimum absolute atomic E-state index is 0.0976. The molecule has 0 aromatic heterocycles. The minimum Gasteiger partial charge on any atom is -0.383 e. The van der Waals surface area contributed by atoms with E-state index in [-0.39, 0.29) is 17.4 Å². The average Bonchev–Trinajstić information content (AvgIpc) is 3.32. The Kier molecular flexibility index (Phi) is 4.68. The summed E-state index contributed by atoms with van der Waals surface area (Å²) in [6.07, 6.45) is 0.915. The Morgan fingerprint density at radius 2 is 1.76 bits per heavy atom. The first-order valence-corrected chi connectivity index (χ1v) is 9.84. The predicted molar refractivity (Wildman–Crippen MR) is 95.9 cm³/mol. The molecule has 130 valence electrons. The third kappa shape index (κ3) is 2.86. The van der Waals surface area contributed by atoms with Gasteiger partial charge in [-0.2, -0.15) is 5.26 Å². The maximum Gasteiger partial charge on any atom is 0.183 e. The summed E-state index contributed by atoms with van der Waals surface area (Å²) in [6.45, 7) is 2.17. The van der Waals surface area contributed by atoms with Crippen molar-refractivity contribution in [1.29, 1.82) is 5.26 Å². The van der Waals surface area contributed by atoms with Gasteiger partial charge in [-0.3, -0.25) is 0 Å². The summed E-state index contributed by atoms with van der Waals surface area (Å²) in [7, 11) is -2.12. The van der Waals surface area contributed by atoms with Gasteiger partial charge in [0.2, 0.25) is 0 Å². The first-order chi connectivity index (χ1) is 12.0. The zero-order valence-electron chi connectivity index (χ0n) is 14.3. The van der Waals surface area contributed by atoms with E-state index < -0.39 is 20.5 Å². The highest BCUT2D eigenvalue weighted by Gasteiger charge is 2.72. The van der Waals surface area contributed by atoms with Crippen molar-refractivity contribution in [2.45, 2.75) is 29.4 Å². The molecule has 0 spiro atoms. The lowest BCUT2D eigenvalue weighted by Gasteiger charge is -2.08. The fourth-order valence-corrected chi connectivity index (χ4v) is 5.96. The molecule has 3 atom stereocenters. The molecule has 0 bridgehead atoms. The van der Waals surface area contributed by atoms with Crippen LogP contribution < -0.4 is 0 Å². The molecule has 0 amide bonds. The number of hydrogen-bond donors (Lipinski definition) is 0. The molecule has 0 N–H and O–H groups in total. The standard InChI is InChI=1S/C20H21NO3S/c1-3-15-9-11-16(12-10-15)18-19(20(18,13-21)14-24-2)25(22,23)17-7-5-4-6-8-17/h4-12,18-19H,3,14H2,1-2H3/t18-,19+,20-/m0/s1. The van der Waals surface area contributed by atoms with Crippen molar-refractivity contribution in [2.75, 3.05) is 13.7 Å². The van der Waals surface area contributed by atoms with E-state index in [9.17, 15) is 13.7 Å². The number of rotatable bonds is 6. The zero-order valence-corrected chi connectivity index (χ0v) is 15.2. The lowest BCUT2D eigenvalue weighted by molar-refractivity contribution is 0.162. The summed E-state index contributed by atoms with van der Waals surface area (Å²) in [5, 5.41) is 9.01. The van der Waals surface area contributed by atoms with Gasteiger partial charge in [0.15, 0.2) is 9.84 Å². The number of aryl methyl sites for hydroxylation is 1. The van der Waals surface area contributed by atoms with E-state index in [4.69, 9.17) is 4.74 Å². The molecular formula is C20H21NO3S. The first-order valence-electron chi connectivity index (χ1n) is 8.29. The normalized spacial score (nSPS) is 25.3. The molecule has 0 heterocycles. The summed E-state index contributed by atoms with van der Waals surface area (Å²) in [6, 6.07) is 18.5. The quantitative estimate of drug-likeness (QED) is 0.797. The van der Waals surface area contributed by atoms with Gasteiger partial charge in [0, 0.05) is 13.0 Å². The highest BCUT2D eigenvalue weighted by molar-refractivity contribution is 7.92. The van der Waals surface area contributed by atoms with Crippen LogP contribution in [0.15, 0.2) is 59.5 Å². The third-order valence-electron chi connectivity index (χ3n) is 5.00. The van der Waals surface area contributed by atoms with Crippen LogP contribution >= 0.6 is 0 Å². The van der Waals surface area contributed by atoms with Crippen molar-refractivity contribution in [1.82, 2.24) is 0 Å². The molecule has 1 aliphatic rings. The second-order valence-electron chi connectivity index (χ2n) is 6.44. The molecule has 2 aromatic carbocycles. The Bertz CT molecular complexity index is 885. The van der Waals surface area contributed by atoms with Gasteiger partial charge in [-0.15, -0.1) is 0 Å². The van der Waals surface area contributed by atoms with E-state index in [0.717, 1.165) is 12.0 Å². The number of benzene rings is 2. The van der Waals surface area contributed by atoms with Crippen LogP contribution in [-0.4, -0.2) is 27.4 Å². The fourth-order valence-electron chi connectivity index (χ4n) is 3.63. The molecule has 3 rings (SSSR count). The van der Waals surface area contributed by atoms with Crippen LogP contribution in [0.2, 0.25) is 0 Å². The summed E-state index contributed by atoms with van der Waals surface area (Å²) in [5.74, 6) is -0.381. The molecule has 1 aliphatic carbocycles. The molecule has 1 saturated carbocycles. The van der Waals surface area contributed by atoms with E-state index in [1.54, 1.807) is 30.3 Å². The van der Waals surface area contributed by atoms with Crippen LogP contribution in [0.5, 0.6) is 0 Å². The maximum atomic E-state index is 13.1. The number of hydrogen-bond acceptors (Lipinski definition) is 4. The average molecular weight is 355 g/mol. The van der Waals surface area contributed by atoms with Gasteiger partial charge in [-0.25, -0.2) is 8.42 Å². The van der Waals surface area contributed by atoms with Crippen molar-refractivity contribution in [3.63, 3.8) is 0 Å². The SMILES string of the molecule is CCc1ccc([C@H]2[C@@H](S(=O)(=O)c3ccccc3)[C@@]2(C#N)COC)cc1. The van der Waals surface area contributed by atoms with Crippen LogP contribution in [0.1, 0.15) is 24.0 Å². The van der Waals surface area contributed by atoms with Gasteiger partial charge in [0.1, 0.15) is 5.41 Å². The maximum absolute atomic E-state index is 13.1. The van der Waals surface area contributed by atoms with Crippen LogP contribution in [-0.2, 0) is 21.0 Å². The lowest BCUT2D eigenvalue weighted by Crippen LogP contribution is -2.19. The Labute approximate surface area is 149 Å². The van der Waals surface area contributed by atoms with E-state index in [1.807, 2.05) is 24.3 Å². The van der Waals surface area contributed by atoms with Crippen LogP contribution in [0, 0.1) is 16.7 Å². The molecule has 0 unspecified atom stereocenters. The predicted octanol–water partition coefficient (Wildman–Crippen LogP) is 3.35. The Morgan fingerprint density at radius 3 is 2.28 bits per heavy atom. The van der Waals surface area contributed by atoms with Gasteiger partial charge >= 0.3 is 0 Å². The number of nitriles is 1. The number of ether oxygens (including phenoxy) is 1. The van der Waals surface area contributed by atoms with Crippen molar-refractivity contribution < 1.29 is 13.2 Å². The smallest absolute Gasteiger partial charge is 0.183 e. The molecule has 0 aliphatic heterocycles. The second-order valence-corrected chi connectivity index (χ2v) is 8.51. The van der Waals surface area contributed by atoms with Crippen molar-refractivity contribution in [3.8, 4) is 6.07 Å². The highest BCUT2D eigenvalue weighted by atomic mass is 32.2. The second kappa shape index (κ2) is 6.62. The summed E-state index contributed by atoms with van der Waals surface area (Å²) in [5.41, 5.74) is 1.01. The molecule has 1 fully saturated rings. The monoisotopic (exact) mass is 355 g/mol. The molecule has 2 aromatic rings. The largest absolute Gasteiger partial charge is 0.383 e. The van der Waals surface area contributed by atoms with Crippen LogP contribution in [0.4, 0.5) is 0 Å². The van der Waals surface area contributed by atoms with Crippen molar-refractivity contribution in [2.24, 2.45) is 5.41 Å². The lowest BCUT2D eigenvalue weighted by atomic mass is 10.00. The molecule has 25 heavy (non-hydrogen) atoms. The van der Waals surface area contributed by atoms with Gasteiger partial charge < -0.3 is 4.74 Å². The van der Waals surface area contributed by atoms with Crippen molar-refractivity contribution in [3.05, 3.63) is 65.7 Å². The van der Waals surface area contributed by atoms with Crippen LogP contribution in [0.25, 0.3) is 0 Å². The van der Waals surface area contributed by atoms with Gasteiger partial charge in [0.25, 0.3) is 0 Å². The fraction of sp³-hybridized carbons (Fsp3) is 0.350. The van der Waals surface area contributed by atoms with Gasteiger partial charge in [-0.05, 0) is 29.7 Å². The van der Waals surface area contributed by atoms with Gasteiger partial charge in [0.05, 0.1) is 22.8 Å². The first kappa shape index (κ1) is 17.7. The topological polar surface area (TPSA) is 67.2 Å². The molecule has 4 nitrogen and oxygen atoms in total. The number of sulfone groups is 1. The van der Waals surface area contributed by atoms with E-state index in [1.165, 1.54) is 12.7 Å². The Balaban J connectivity index is 2.05. The minimum atomic E-state index is -3.62. The Hall–Kier alpha value is -2.16. The van der Waals surface area contributed by atoms with Crippen molar-refractivity contribution >= 4 is 9.84 Å². The molecule has 0 saturated heterocycles. The number of nitrogens with zero attached hydrogens (tertiary/aromatic N) is 1. The summed E-state index contributed by atoms with van der Waals surface area (Å²) < 4.78 is 31.5. The Morgan fingerprint density at radius 1 is 1.12 bits per heavy atom. The molecular weight excluding hydrogens is 334 g/mol. The van der Waals surface area contributed by atoms with E-state index in [2.05, 4.69) is 13.0 Å². The zero-order chi connectivity index (χ0) is 18.1. The van der Waals surface area contributed by atoms with Gasteiger partial charge in [-0.1, -0.05) is 49.4 Å². The van der Waals surface area contributed by atoms with Crippen LogP contribution in [0.3, 0.4) is 0 Å². The molecule has 0 radical (unpaired) electrons.